The van der Waals surface area contributed by atoms with E-state index in [0.29, 0.717) is 17.9 Å². The molecule has 2 aliphatic carbocycles. The lowest BCUT2D eigenvalue weighted by Gasteiger charge is -2.41. The second kappa shape index (κ2) is 6.93. The highest BCUT2D eigenvalue weighted by molar-refractivity contribution is 5.79. The molecule has 3 heteroatoms. The van der Waals surface area contributed by atoms with Crippen LogP contribution in [-0.4, -0.2) is 22.7 Å². The lowest BCUT2D eigenvalue weighted by molar-refractivity contribution is -0.147. The molecule has 2 N–H and O–H groups in total. The average molecular weight is 281 g/mol. The fraction of sp³-hybridized carbons (Fsp3) is 0.941. The van der Waals surface area contributed by atoms with E-state index < -0.39 is 11.5 Å². The maximum Gasteiger partial charge on any atom is 0.323 e. The number of aliphatic carboxylic acids is 1. The molecule has 116 valence electrons. The van der Waals surface area contributed by atoms with Gasteiger partial charge in [0.1, 0.15) is 5.54 Å². The molecule has 0 atom stereocenters. The second-order valence-corrected chi connectivity index (χ2v) is 7.30. The molecule has 20 heavy (non-hydrogen) atoms. The molecule has 0 aliphatic heterocycles. The Morgan fingerprint density at radius 3 is 2.05 bits per heavy atom. The first kappa shape index (κ1) is 15.8. The van der Waals surface area contributed by atoms with E-state index in [1.807, 2.05) is 0 Å². The summed E-state index contributed by atoms with van der Waals surface area (Å²) in [6.07, 6.45) is 11.2. The van der Waals surface area contributed by atoms with Gasteiger partial charge in [-0.05, 0) is 50.4 Å². The highest BCUT2D eigenvalue weighted by atomic mass is 16.4. The van der Waals surface area contributed by atoms with Gasteiger partial charge in [-0.2, -0.15) is 0 Å². The van der Waals surface area contributed by atoms with Gasteiger partial charge in [-0.15, -0.1) is 0 Å². The van der Waals surface area contributed by atoms with E-state index in [1.54, 1.807) is 0 Å². The minimum Gasteiger partial charge on any atom is -0.480 e. The SMILES string of the molecule is CC(C)C1CCC(NC2CCCCCC2)(C(=O)O)CC1. The molecule has 3 nitrogen and oxygen atoms in total. The van der Waals surface area contributed by atoms with Gasteiger partial charge in [-0.1, -0.05) is 39.5 Å². The lowest BCUT2D eigenvalue weighted by atomic mass is 9.72. The first-order valence-corrected chi connectivity index (χ1v) is 8.54. The van der Waals surface area contributed by atoms with Gasteiger partial charge in [0.15, 0.2) is 0 Å². The van der Waals surface area contributed by atoms with Crippen molar-refractivity contribution >= 4 is 5.97 Å². The van der Waals surface area contributed by atoms with Crippen molar-refractivity contribution in [3.63, 3.8) is 0 Å². The molecular formula is C17H31NO2. The molecule has 0 heterocycles. The Morgan fingerprint density at radius 2 is 1.60 bits per heavy atom. The zero-order chi connectivity index (χ0) is 14.6. The van der Waals surface area contributed by atoms with E-state index in [0.717, 1.165) is 38.5 Å². The van der Waals surface area contributed by atoms with Crippen molar-refractivity contribution in [1.82, 2.24) is 5.32 Å². The third kappa shape index (κ3) is 3.75. The van der Waals surface area contributed by atoms with Crippen LogP contribution in [0.4, 0.5) is 0 Å². The van der Waals surface area contributed by atoms with Gasteiger partial charge in [-0.3, -0.25) is 10.1 Å². The Labute approximate surface area is 123 Å². The fourth-order valence-corrected chi connectivity index (χ4v) is 4.03. The zero-order valence-corrected chi connectivity index (χ0v) is 13.2. The Bertz CT molecular complexity index is 311. The van der Waals surface area contributed by atoms with Crippen LogP contribution in [0.1, 0.15) is 78.1 Å². The summed E-state index contributed by atoms with van der Waals surface area (Å²) >= 11 is 0. The second-order valence-electron chi connectivity index (χ2n) is 7.30. The van der Waals surface area contributed by atoms with Crippen LogP contribution in [0.25, 0.3) is 0 Å². The number of carboxylic acid groups (broad SMARTS) is 1. The molecule has 0 radical (unpaired) electrons. The average Bonchev–Trinajstić information content (AvgIpc) is 2.67. The van der Waals surface area contributed by atoms with E-state index >= 15 is 0 Å². The number of rotatable bonds is 4. The molecule has 0 saturated heterocycles. The number of hydrogen-bond acceptors (Lipinski definition) is 2. The number of nitrogens with one attached hydrogen (secondary N) is 1. The van der Waals surface area contributed by atoms with Gasteiger partial charge in [0, 0.05) is 6.04 Å². The van der Waals surface area contributed by atoms with E-state index in [1.165, 1.54) is 25.7 Å². The number of carbonyl (C=O) groups is 1. The summed E-state index contributed by atoms with van der Waals surface area (Å²) in [6, 6.07) is 0.421. The van der Waals surface area contributed by atoms with Gasteiger partial charge in [-0.25, -0.2) is 0 Å². The van der Waals surface area contributed by atoms with Crippen molar-refractivity contribution in [1.29, 1.82) is 0 Å². The molecule has 2 aliphatic rings. The quantitative estimate of drug-likeness (QED) is 0.767. The molecule has 0 aromatic carbocycles. The van der Waals surface area contributed by atoms with Crippen LogP contribution in [0.2, 0.25) is 0 Å². The van der Waals surface area contributed by atoms with Crippen LogP contribution < -0.4 is 5.32 Å². The van der Waals surface area contributed by atoms with Gasteiger partial charge in [0.2, 0.25) is 0 Å². The third-order valence-corrected chi connectivity index (χ3v) is 5.57. The summed E-state index contributed by atoms with van der Waals surface area (Å²) in [5.41, 5.74) is -0.638. The van der Waals surface area contributed by atoms with Crippen LogP contribution in [0.15, 0.2) is 0 Å². The van der Waals surface area contributed by atoms with Gasteiger partial charge in [0.05, 0.1) is 0 Å². The number of carboxylic acids is 1. The van der Waals surface area contributed by atoms with Crippen molar-refractivity contribution in [2.75, 3.05) is 0 Å². The lowest BCUT2D eigenvalue weighted by Crippen LogP contribution is -2.57. The smallest absolute Gasteiger partial charge is 0.323 e. The fourth-order valence-electron chi connectivity index (χ4n) is 4.03. The molecule has 2 fully saturated rings. The summed E-state index contributed by atoms with van der Waals surface area (Å²) in [5.74, 6) is 0.766. The van der Waals surface area contributed by atoms with E-state index in [2.05, 4.69) is 19.2 Å². The monoisotopic (exact) mass is 281 g/mol. The van der Waals surface area contributed by atoms with E-state index in [9.17, 15) is 9.90 Å². The van der Waals surface area contributed by atoms with Gasteiger partial charge in [0.25, 0.3) is 0 Å². The third-order valence-electron chi connectivity index (χ3n) is 5.57. The predicted octanol–water partition coefficient (Wildman–Crippen LogP) is 3.97. The predicted molar refractivity (Wildman–Crippen MR) is 81.8 cm³/mol. The van der Waals surface area contributed by atoms with Crippen molar-refractivity contribution in [2.24, 2.45) is 11.8 Å². The van der Waals surface area contributed by atoms with E-state index in [4.69, 9.17) is 0 Å². The van der Waals surface area contributed by atoms with E-state index in [-0.39, 0.29) is 0 Å². The Hall–Kier alpha value is -0.570. The van der Waals surface area contributed by atoms with Gasteiger partial charge < -0.3 is 5.11 Å². The normalized spacial score (nSPS) is 33.0. The van der Waals surface area contributed by atoms with Crippen molar-refractivity contribution in [3.05, 3.63) is 0 Å². The van der Waals surface area contributed by atoms with Crippen LogP contribution in [0.3, 0.4) is 0 Å². The largest absolute Gasteiger partial charge is 0.480 e. The highest BCUT2D eigenvalue weighted by Gasteiger charge is 2.43. The Balaban J connectivity index is 1.98. The first-order chi connectivity index (χ1) is 9.53. The summed E-state index contributed by atoms with van der Waals surface area (Å²) in [5, 5.41) is 13.3. The summed E-state index contributed by atoms with van der Waals surface area (Å²) in [4.78, 5) is 11.8. The molecule has 0 unspecified atom stereocenters. The maximum atomic E-state index is 11.8. The summed E-state index contributed by atoms with van der Waals surface area (Å²) in [6.45, 7) is 4.52. The Morgan fingerprint density at radius 1 is 1.05 bits per heavy atom. The zero-order valence-electron chi connectivity index (χ0n) is 13.2. The summed E-state index contributed by atoms with van der Waals surface area (Å²) < 4.78 is 0. The van der Waals surface area contributed by atoms with Crippen molar-refractivity contribution in [3.8, 4) is 0 Å². The molecule has 2 rings (SSSR count). The first-order valence-electron chi connectivity index (χ1n) is 8.54. The van der Waals surface area contributed by atoms with Gasteiger partial charge >= 0.3 is 5.97 Å². The number of hydrogen-bond donors (Lipinski definition) is 2. The minimum atomic E-state index is -0.638. The maximum absolute atomic E-state index is 11.8. The molecule has 0 spiro atoms. The molecule has 0 aromatic rings. The summed E-state index contributed by atoms with van der Waals surface area (Å²) in [7, 11) is 0. The van der Waals surface area contributed by atoms with Crippen molar-refractivity contribution in [2.45, 2.75) is 89.6 Å². The molecule has 2 saturated carbocycles. The van der Waals surface area contributed by atoms with Crippen LogP contribution in [0.5, 0.6) is 0 Å². The Kier molecular flexibility index (Phi) is 5.48. The molecule has 0 bridgehead atoms. The molecular weight excluding hydrogens is 250 g/mol. The highest BCUT2D eigenvalue weighted by Crippen LogP contribution is 2.37. The molecule has 0 aromatic heterocycles. The van der Waals surface area contributed by atoms with Crippen LogP contribution in [0, 0.1) is 11.8 Å². The van der Waals surface area contributed by atoms with Crippen LogP contribution >= 0.6 is 0 Å². The van der Waals surface area contributed by atoms with Crippen molar-refractivity contribution < 1.29 is 9.90 Å². The topological polar surface area (TPSA) is 49.3 Å². The van der Waals surface area contributed by atoms with Crippen LogP contribution in [-0.2, 0) is 4.79 Å². The minimum absolute atomic E-state index is 0.421. The standard InChI is InChI=1S/C17H31NO2/c1-13(2)14-9-11-17(12-10-14,16(19)20)18-15-7-5-3-4-6-8-15/h13-15,18H,3-12H2,1-2H3,(H,19,20). The molecule has 0 amide bonds.